The zero-order valence-electron chi connectivity index (χ0n) is 13.6. The van der Waals surface area contributed by atoms with Crippen LogP contribution in [0.2, 0.25) is 0 Å². The minimum Gasteiger partial charge on any atom is -0.489 e. The summed E-state index contributed by atoms with van der Waals surface area (Å²) in [6.07, 6.45) is 1.57. The van der Waals surface area contributed by atoms with Crippen LogP contribution in [0.25, 0.3) is 0 Å². The summed E-state index contributed by atoms with van der Waals surface area (Å²) in [4.78, 5) is 11.4. The standard InChI is InChI=1S/C18H15N5O3/c24-17(25)15-10-16(23-18(19-15)20-21-22-23)13-7-4-8-14(9-13)26-11-12-5-2-1-3-6-12/h1-10,16H,11H2,(H,24,25)(H,19,20,22)/t16-/m1/s1. The highest BCUT2D eigenvalue weighted by molar-refractivity contribution is 5.90. The van der Waals surface area contributed by atoms with Crippen LogP contribution in [-0.4, -0.2) is 31.3 Å². The summed E-state index contributed by atoms with van der Waals surface area (Å²) in [6.45, 7) is 0.447. The Morgan fingerprint density at radius 1 is 1.19 bits per heavy atom. The first kappa shape index (κ1) is 15.8. The number of ether oxygens (including phenoxy) is 1. The second-order valence-corrected chi connectivity index (χ2v) is 5.75. The number of carboxylic acids is 1. The van der Waals surface area contributed by atoms with Gasteiger partial charge in [-0.3, -0.25) is 0 Å². The van der Waals surface area contributed by atoms with Crippen molar-refractivity contribution in [3.8, 4) is 5.75 Å². The van der Waals surface area contributed by atoms with E-state index in [4.69, 9.17) is 4.74 Å². The molecule has 4 rings (SSSR count). The third kappa shape index (κ3) is 3.12. The van der Waals surface area contributed by atoms with E-state index in [0.29, 0.717) is 12.4 Å². The molecule has 8 heteroatoms. The fraction of sp³-hybridized carbons (Fsp3) is 0.111. The quantitative estimate of drug-likeness (QED) is 0.728. The summed E-state index contributed by atoms with van der Waals surface area (Å²) in [5.41, 5.74) is 1.92. The SMILES string of the molecule is O=C(O)C1=C[C@H](c2cccc(OCc3ccccc3)c2)n2nnnc2N1. The molecule has 2 heterocycles. The highest BCUT2D eigenvalue weighted by Crippen LogP contribution is 2.29. The molecule has 1 aliphatic rings. The van der Waals surface area contributed by atoms with Gasteiger partial charge >= 0.3 is 5.97 Å². The molecule has 0 amide bonds. The largest absolute Gasteiger partial charge is 0.489 e. The Labute approximate surface area is 148 Å². The number of aliphatic carboxylic acids is 1. The molecule has 1 aromatic heterocycles. The number of hydrogen-bond donors (Lipinski definition) is 2. The summed E-state index contributed by atoms with van der Waals surface area (Å²) in [5, 5.41) is 23.4. The van der Waals surface area contributed by atoms with Gasteiger partial charge < -0.3 is 15.2 Å². The lowest BCUT2D eigenvalue weighted by Gasteiger charge is -2.21. The first-order chi connectivity index (χ1) is 12.7. The molecule has 1 atom stereocenters. The number of carboxylic acid groups (broad SMARTS) is 1. The molecule has 0 spiro atoms. The maximum atomic E-state index is 11.4. The van der Waals surface area contributed by atoms with E-state index in [9.17, 15) is 9.90 Å². The van der Waals surface area contributed by atoms with E-state index in [1.807, 2.05) is 54.6 Å². The lowest BCUT2D eigenvalue weighted by atomic mass is 10.0. The van der Waals surface area contributed by atoms with Crippen molar-refractivity contribution in [2.45, 2.75) is 12.6 Å². The second kappa shape index (κ2) is 6.67. The van der Waals surface area contributed by atoms with E-state index in [2.05, 4.69) is 20.8 Å². The van der Waals surface area contributed by atoms with Crippen molar-refractivity contribution < 1.29 is 14.6 Å². The Hall–Kier alpha value is -3.68. The average molecular weight is 349 g/mol. The number of anilines is 1. The number of fused-ring (bicyclic) bond motifs is 1. The van der Waals surface area contributed by atoms with Crippen LogP contribution in [0.4, 0.5) is 5.95 Å². The number of nitrogens with zero attached hydrogens (tertiary/aromatic N) is 4. The van der Waals surface area contributed by atoms with Crippen LogP contribution in [0.3, 0.4) is 0 Å². The normalized spacial score (nSPS) is 15.5. The smallest absolute Gasteiger partial charge is 0.352 e. The number of rotatable bonds is 5. The summed E-state index contributed by atoms with van der Waals surface area (Å²) in [5.74, 6) is -0.101. The molecule has 0 saturated carbocycles. The number of tetrazole rings is 1. The second-order valence-electron chi connectivity index (χ2n) is 5.75. The third-order valence-electron chi connectivity index (χ3n) is 4.01. The van der Waals surface area contributed by atoms with E-state index in [1.165, 1.54) is 4.68 Å². The minimum atomic E-state index is -1.07. The van der Waals surface area contributed by atoms with E-state index in [-0.39, 0.29) is 11.6 Å². The van der Waals surface area contributed by atoms with Crippen molar-refractivity contribution in [3.63, 3.8) is 0 Å². The molecule has 3 aromatic rings. The van der Waals surface area contributed by atoms with Crippen LogP contribution < -0.4 is 10.1 Å². The van der Waals surface area contributed by atoms with E-state index >= 15 is 0 Å². The molecule has 0 aliphatic carbocycles. The molecule has 0 saturated heterocycles. The van der Waals surface area contributed by atoms with Gasteiger partial charge in [-0.25, -0.2) is 4.79 Å². The van der Waals surface area contributed by atoms with Crippen LogP contribution in [0, 0.1) is 0 Å². The highest BCUT2D eigenvalue weighted by Gasteiger charge is 2.26. The number of nitrogens with one attached hydrogen (secondary N) is 1. The Morgan fingerprint density at radius 2 is 2.04 bits per heavy atom. The number of carbonyl (C=O) groups is 1. The molecule has 130 valence electrons. The van der Waals surface area contributed by atoms with Crippen LogP contribution in [0.15, 0.2) is 66.4 Å². The van der Waals surface area contributed by atoms with Crippen molar-refractivity contribution in [3.05, 3.63) is 77.5 Å². The summed E-state index contributed by atoms with van der Waals surface area (Å²) >= 11 is 0. The van der Waals surface area contributed by atoms with Crippen molar-refractivity contribution >= 4 is 11.9 Å². The van der Waals surface area contributed by atoms with E-state index < -0.39 is 12.0 Å². The molecule has 26 heavy (non-hydrogen) atoms. The van der Waals surface area contributed by atoms with Gasteiger partial charge in [0.25, 0.3) is 0 Å². The fourth-order valence-electron chi connectivity index (χ4n) is 2.75. The van der Waals surface area contributed by atoms with Gasteiger partial charge in [0, 0.05) is 0 Å². The van der Waals surface area contributed by atoms with Gasteiger partial charge in [0.15, 0.2) is 0 Å². The molecular formula is C18H15N5O3. The molecule has 0 radical (unpaired) electrons. The maximum absolute atomic E-state index is 11.4. The Kier molecular flexibility index (Phi) is 4.06. The van der Waals surface area contributed by atoms with Gasteiger partial charge in [-0.1, -0.05) is 47.6 Å². The molecule has 8 nitrogen and oxygen atoms in total. The van der Waals surface area contributed by atoms with Crippen molar-refractivity contribution in [1.82, 2.24) is 20.2 Å². The molecule has 1 aliphatic heterocycles. The highest BCUT2D eigenvalue weighted by atomic mass is 16.5. The Balaban J connectivity index is 1.61. The zero-order valence-corrected chi connectivity index (χ0v) is 13.6. The van der Waals surface area contributed by atoms with Crippen molar-refractivity contribution in [1.29, 1.82) is 0 Å². The Morgan fingerprint density at radius 3 is 2.85 bits per heavy atom. The predicted octanol–water partition coefficient (Wildman–Crippen LogP) is 2.24. The summed E-state index contributed by atoms with van der Waals surface area (Å²) in [6, 6.07) is 16.9. The predicted molar refractivity (Wildman–Crippen MR) is 92.5 cm³/mol. The summed E-state index contributed by atoms with van der Waals surface area (Å²) < 4.78 is 7.38. The van der Waals surface area contributed by atoms with Crippen molar-refractivity contribution in [2.24, 2.45) is 0 Å². The van der Waals surface area contributed by atoms with Crippen LogP contribution >= 0.6 is 0 Å². The lowest BCUT2D eigenvalue weighted by Crippen LogP contribution is -2.24. The van der Waals surface area contributed by atoms with E-state index in [1.54, 1.807) is 6.08 Å². The van der Waals surface area contributed by atoms with Crippen LogP contribution in [-0.2, 0) is 11.4 Å². The Bertz CT molecular complexity index is 968. The fourth-order valence-corrected chi connectivity index (χ4v) is 2.75. The first-order valence-electron chi connectivity index (χ1n) is 7.97. The van der Waals surface area contributed by atoms with Gasteiger partial charge in [-0.15, -0.1) is 0 Å². The van der Waals surface area contributed by atoms with Crippen LogP contribution in [0.5, 0.6) is 5.75 Å². The molecule has 0 fully saturated rings. The number of benzene rings is 2. The lowest BCUT2D eigenvalue weighted by molar-refractivity contribution is -0.132. The first-order valence-corrected chi connectivity index (χ1v) is 7.97. The topological polar surface area (TPSA) is 102 Å². The van der Waals surface area contributed by atoms with Crippen LogP contribution in [0.1, 0.15) is 17.2 Å². The average Bonchev–Trinajstić information content (AvgIpc) is 3.15. The third-order valence-corrected chi connectivity index (χ3v) is 4.01. The van der Waals surface area contributed by atoms with Gasteiger partial charge in [-0.05, 0) is 39.8 Å². The van der Waals surface area contributed by atoms with Gasteiger partial charge in [-0.2, -0.15) is 4.68 Å². The monoisotopic (exact) mass is 349 g/mol. The number of aromatic nitrogens is 4. The summed E-state index contributed by atoms with van der Waals surface area (Å²) in [7, 11) is 0. The van der Waals surface area contributed by atoms with E-state index in [0.717, 1.165) is 11.1 Å². The van der Waals surface area contributed by atoms with Gasteiger partial charge in [0.05, 0.1) is 0 Å². The number of allylic oxidation sites excluding steroid dienone is 1. The maximum Gasteiger partial charge on any atom is 0.352 e. The molecule has 0 unspecified atom stereocenters. The zero-order chi connectivity index (χ0) is 17.9. The molecule has 0 bridgehead atoms. The molecular weight excluding hydrogens is 334 g/mol. The molecule has 2 N–H and O–H groups in total. The molecule has 2 aromatic carbocycles. The van der Waals surface area contributed by atoms with Crippen molar-refractivity contribution in [2.75, 3.05) is 5.32 Å². The minimum absolute atomic E-state index is 0.0351. The van der Waals surface area contributed by atoms with Gasteiger partial charge in [0.2, 0.25) is 5.95 Å². The van der Waals surface area contributed by atoms with Gasteiger partial charge in [0.1, 0.15) is 24.1 Å². The number of hydrogen-bond acceptors (Lipinski definition) is 6.